The Labute approximate surface area is 78.0 Å². The molecule has 0 radical (unpaired) electrons. The van der Waals surface area contributed by atoms with E-state index in [0.717, 1.165) is 11.3 Å². The Morgan fingerprint density at radius 1 is 1.69 bits per heavy atom. The van der Waals surface area contributed by atoms with Crippen LogP contribution in [0.25, 0.3) is 0 Å². The minimum absolute atomic E-state index is 0.108. The van der Waals surface area contributed by atoms with Crippen LogP contribution < -0.4 is 0 Å². The molecule has 0 atom stereocenters. The van der Waals surface area contributed by atoms with E-state index in [-0.39, 0.29) is 16.5 Å². The van der Waals surface area contributed by atoms with Crippen LogP contribution in [0.3, 0.4) is 0 Å². The standard InChI is InChI=1S/C7H7NO4S/c1-2-12-7(11)4-3-8-5(13-4)6(9)10/h3H,2H2,1H3,(H,9,10). The van der Waals surface area contributed by atoms with E-state index in [0.29, 0.717) is 0 Å². The number of aromatic nitrogens is 1. The van der Waals surface area contributed by atoms with Crippen LogP contribution in [0.2, 0.25) is 0 Å². The molecule has 6 heteroatoms. The molecule has 0 aliphatic rings. The number of ether oxygens (including phenoxy) is 1. The molecule has 1 aromatic heterocycles. The Kier molecular flexibility index (Phi) is 2.97. The normalized spacial score (nSPS) is 9.62. The second kappa shape index (κ2) is 3.99. The van der Waals surface area contributed by atoms with Crippen molar-refractivity contribution in [1.82, 2.24) is 4.98 Å². The molecule has 0 aliphatic carbocycles. The number of esters is 1. The Morgan fingerprint density at radius 2 is 2.38 bits per heavy atom. The van der Waals surface area contributed by atoms with Gasteiger partial charge in [0.25, 0.3) is 0 Å². The maximum absolute atomic E-state index is 11.0. The lowest BCUT2D eigenvalue weighted by atomic mass is 10.5. The zero-order valence-corrected chi connectivity index (χ0v) is 7.63. The van der Waals surface area contributed by atoms with Crippen molar-refractivity contribution < 1.29 is 19.4 Å². The smallest absolute Gasteiger partial charge is 0.365 e. The van der Waals surface area contributed by atoms with Crippen LogP contribution in [0.1, 0.15) is 26.4 Å². The summed E-state index contributed by atoms with van der Waals surface area (Å²) < 4.78 is 4.66. The maximum Gasteiger partial charge on any atom is 0.365 e. The molecule has 1 aromatic rings. The molecule has 0 unspecified atom stereocenters. The van der Waals surface area contributed by atoms with Gasteiger partial charge in [0.1, 0.15) is 4.88 Å². The van der Waals surface area contributed by atoms with Gasteiger partial charge in [-0.15, -0.1) is 11.3 Å². The zero-order valence-electron chi connectivity index (χ0n) is 6.81. The largest absolute Gasteiger partial charge is 0.476 e. The highest BCUT2D eigenvalue weighted by Gasteiger charge is 2.14. The van der Waals surface area contributed by atoms with E-state index in [1.54, 1.807) is 6.92 Å². The van der Waals surface area contributed by atoms with E-state index in [9.17, 15) is 9.59 Å². The third kappa shape index (κ3) is 2.25. The van der Waals surface area contributed by atoms with Gasteiger partial charge in [-0.25, -0.2) is 14.6 Å². The number of carbonyl (C=O) groups is 2. The molecule has 0 aliphatic heterocycles. The third-order valence-corrected chi connectivity index (χ3v) is 2.13. The number of carboxylic acids is 1. The van der Waals surface area contributed by atoms with Gasteiger partial charge in [0.05, 0.1) is 12.8 Å². The van der Waals surface area contributed by atoms with Crippen molar-refractivity contribution >= 4 is 23.3 Å². The quantitative estimate of drug-likeness (QED) is 0.739. The lowest BCUT2D eigenvalue weighted by molar-refractivity contribution is 0.0531. The van der Waals surface area contributed by atoms with Crippen molar-refractivity contribution in [3.8, 4) is 0 Å². The fourth-order valence-electron chi connectivity index (χ4n) is 0.670. The second-order valence-electron chi connectivity index (χ2n) is 2.06. The van der Waals surface area contributed by atoms with E-state index in [2.05, 4.69) is 9.72 Å². The number of hydrogen-bond donors (Lipinski definition) is 1. The summed E-state index contributed by atoms with van der Waals surface area (Å²) in [5, 5.41) is 8.40. The highest BCUT2D eigenvalue weighted by atomic mass is 32.1. The van der Waals surface area contributed by atoms with Crippen molar-refractivity contribution in [2.45, 2.75) is 6.92 Å². The fourth-order valence-corrected chi connectivity index (χ4v) is 1.32. The van der Waals surface area contributed by atoms with Gasteiger partial charge in [-0.05, 0) is 6.92 Å². The molecule has 1 heterocycles. The summed E-state index contributed by atoms with van der Waals surface area (Å²) in [4.78, 5) is 25.2. The third-order valence-electron chi connectivity index (χ3n) is 1.17. The molecule has 0 saturated heterocycles. The zero-order chi connectivity index (χ0) is 9.84. The number of hydrogen-bond acceptors (Lipinski definition) is 5. The van der Waals surface area contributed by atoms with Crippen LogP contribution in [0.4, 0.5) is 0 Å². The first-order valence-corrected chi connectivity index (χ1v) is 4.33. The van der Waals surface area contributed by atoms with Crippen molar-refractivity contribution in [2.24, 2.45) is 0 Å². The van der Waals surface area contributed by atoms with Crippen LogP contribution in [-0.2, 0) is 4.74 Å². The van der Waals surface area contributed by atoms with Gasteiger partial charge in [-0.2, -0.15) is 0 Å². The number of carbonyl (C=O) groups excluding carboxylic acids is 1. The first kappa shape index (κ1) is 9.66. The van der Waals surface area contributed by atoms with E-state index in [1.807, 2.05) is 0 Å². The molecular formula is C7H7NO4S. The molecular weight excluding hydrogens is 194 g/mol. The molecule has 0 bridgehead atoms. The molecule has 0 aromatic carbocycles. The summed E-state index contributed by atoms with van der Waals surface area (Å²) in [6.45, 7) is 1.94. The molecule has 13 heavy (non-hydrogen) atoms. The predicted molar refractivity (Wildman–Crippen MR) is 45.0 cm³/mol. The van der Waals surface area contributed by atoms with Crippen LogP contribution >= 0.6 is 11.3 Å². The minimum Gasteiger partial charge on any atom is -0.476 e. The Bertz CT molecular complexity index is 333. The number of carboxylic acid groups (broad SMARTS) is 1. The number of nitrogens with zero attached hydrogens (tertiary/aromatic N) is 1. The number of thiazole rings is 1. The van der Waals surface area contributed by atoms with E-state index >= 15 is 0 Å². The van der Waals surface area contributed by atoms with Crippen molar-refractivity contribution in [2.75, 3.05) is 6.61 Å². The SMILES string of the molecule is CCOC(=O)c1cnc(C(=O)O)s1. The van der Waals surface area contributed by atoms with Crippen LogP contribution in [0, 0.1) is 0 Å². The summed E-state index contributed by atoms with van der Waals surface area (Å²) in [5.74, 6) is -1.67. The predicted octanol–water partition coefficient (Wildman–Crippen LogP) is 1.02. The van der Waals surface area contributed by atoms with Gasteiger partial charge < -0.3 is 9.84 Å². The number of rotatable bonds is 3. The molecule has 5 nitrogen and oxygen atoms in total. The average molecular weight is 201 g/mol. The van der Waals surface area contributed by atoms with E-state index < -0.39 is 11.9 Å². The summed E-state index contributed by atoms with van der Waals surface area (Å²) >= 11 is 0.804. The van der Waals surface area contributed by atoms with Crippen molar-refractivity contribution in [3.05, 3.63) is 16.1 Å². The van der Waals surface area contributed by atoms with Gasteiger partial charge in [-0.3, -0.25) is 0 Å². The first-order valence-electron chi connectivity index (χ1n) is 3.51. The molecule has 1 rings (SSSR count). The van der Waals surface area contributed by atoms with Crippen LogP contribution in [-0.4, -0.2) is 28.6 Å². The molecule has 1 N–H and O–H groups in total. The molecule has 0 fully saturated rings. The highest BCUT2D eigenvalue weighted by molar-refractivity contribution is 7.15. The Morgan fingerprint density at radius 3 is 2.85 bits per heavy atom. The summed E-state index contributed by atoms with van der Waals surface area (Å²) in [5.41, 5.74) is 0. The van der Waals surface area contributed by atoms with Gasteiger partial charge in [-0.1, -0.05) is 0 Å². The van der Waals surface area contributed by atoms with Gasteiger partial charge in [0.2, 0.25) is 5.01 Å². The van der Waals surface area contributed by atoms with Crippen molar-refractivity contribution in [3.63, 3.8) is 0 Å². The molecule has 0 saturated carbocycles. The number of aromatic carboxylic acids is 1. The van der Waals surface area contributed by atoms with Gasteiger partial charge in [0, 0.05) is 0 Å². The monoisotopic (exact) mass is 201 g/mol. The maximum atomic E-state index is 11.0. The second-order valence-corrected chi connectivity index (χ2v) is 3.09. The fraction of sp³-hybridized carbons (Fsp3) is 0.286. The Balaban J connectivity index is 2.79. The lowest BCUT2D eigenvalue weighted by Crippen LogP contribution is -2.01. The first-order chi connectivity index (χ1) is 6.15. The van der Waals surface area contributed by atoms with Crippen LogP contribution in [0.5, 0.6) is 0 Å². The van der Waals surface area contributed by atoms with E-state index in [1.165, 1.54) is 6.20 Å². The molecule has 70 valence electrons. The summed E-state index contributed by atoms with van der Waals surface area (Å²) in [6, 6.07) is 0. The average Bonchev–Trinajstić information content (AvgIpc) is 2.52. The summed E-state index contributed by atoms with van der Waals surface area (Å²) in [6.07, 6.45) is 1.20. The highest BCUT2D eigenvalue weighted by Crippen LogP contribution is 2.13. The summed E-state index contributed by atoms with van der Waals surface area (Å²) in [7, 11) is 0. The van der Waals surface area contributed by atoms with E-state index in [4.69, 9.17) is 5.11 Å². The topological polar surface area (TPSA) is 76.5 Å². The lowest BCUT2D eigenvalue weighted by Gasteiger charge is -1.95. The molecule has 0 spiro atoms. The molecule has 0 amide bonds. The minimum atomic E-state index is -1.14. The Hall–Kier alpha value is -1.43. The van der Waals surface area contributed by atoms with Crippen LogP contribution in [0.15, 0.2) is 6.20 Å². The van der Waals surface area contributed by atoms with Crippen molar-refractivity contribution in [1.29, 1.82) is 0 Å². The van der Waals surface area contributed by atoms with Gasteiger partial charge >= 0.3 is 11.9 Å². The van der Waals surface area contributed by atoms with Gasteiger partial charge in [0.15, 0.2) is 0 Å².